The normalized spacial score (nSPS) is 17.4. The summed E-state index contributed by atoms with van der Waals surface area (Å²) in [7, 11) is 0. The van der Waals surface area contributed by atoms with Gasteiger partial charge in [0.1, 0.15) is 0 Å². The van der Waals surface area contributed by atoms with E-state index in [-0.39, 0.29) is 0 Å². The first-order valence-electron chi connectivity index (χ1n) is 5.17. The van der Waals surface area contributed by atoms with Crippen molar-refractivity contribution in [2.24, 2.45) is 5.16 Å². The fourth-order valence-corrected chi connectivity index (χ4v) is 2.08. The van der Waals surface area contributed by atoms with E-state index >= 15 is 0 Å². The highest BCUT2D eigenvalue weighted by Gasteiger charge is 2.18. The standard InChI is InChI=1S/C12H11NO3/c14-13-6-8-1-2-9-4-11-12(16-7-15-11)5-10(9)3-8/h3-6,14H,1-2,7H2. The Morgan fingerprint density at radius 2 is 2.00 bits per heavy atom. The number of hydrogen-bond acceptors (Lipinski definition) is 4. The zero-order valence-electron chi connectivity index (χ0n) is 8.64. The molecule has 0 atom stereocenters. The Labute approximate surface area is 92.8 Å². The van der Waals surface area contributed by atoms with Crippen molar-refractivity contribution < 1.29 is 14.7 Å². The molecule has 1 aliphatic carbocycles. The van der Waals surface area contributed by atoms with Gasteiger partial charge in [-0.2, -0.15) is 0 Å². The van der Waals surface area contributed by atoms with Crippen LogP contribution < -0.4 is 9.47 Å². The highest BCUT2D eigenvalue weighted by Crippen LogP contribution is 2.37. The summed E-state index contributed by atoms with van der Waals surface area (Å²) in [5.41, 5.74) is 3.39. The molecule has 4 nitrogen and oxygen atoms in total. The lowest BCUT2D eigenvalue weighted by molar-refractivity contribution is 0.174. The second kappa shape index (κ2) is 3.56. The minimum absolute atomic E-state index is 0.299. The van der Waals surface area contributed by atoms with Gasteiger partial charge in [0, 0.05) is 0 Å². The molecule has 0 unspecified atom stereocenters. The predicted octanol–water partition coefficient (Wildman–Crippen LogP) is 2.20. The van der Waals surface area contributed by atoms with E-state index in [1.807, 2.05) is 18.2 Å². The van der Waals surface area contributed by atoms with Crippen LogP contribution in [0.15, 0.2) is 22.9 Å². The van der Waals surface area contributed by atoms with Crippen LogP contribution >= 0.6 is 0 Å². The van der Waals surface area contributed by atoms with Gasteiger partial charge in [0.15, 0.2) is 11.5 Å². The number of oxime groups is 1. The number of benzene rings is 1. The topological polar surface area (TPSA) is 51.1 Å². The number of ether oxygens (including phenoxy) is 2. The molecular weight excluding hydrogens is 206 g/mol. The lowest BCUT2D eigenvalue weighted by atomic mass is 9.92. The Hall–Kier alpha value is -1.97. The van der Waals surface area contributed by atoms with Crippen molar-refractivity contribution in [3.63, 3.8) is 0 Å². The molecule has 1 aromatic rings. The average molecular weight is 217 g/mol. The highest BCUT2D eigenvalue weighted by molar-refractivity contribution is 5.87. The molecule has 0 saturated heterocycles. The number of hydrogen-bond donors (Lipinski definition) is 1. The highest BCUT2D eigenvalue weighted by atomic mass is 16.7. The summed E-state index contributed by atoms with van der Waals surface area (Å²) in [4.78, 5) is 0. The molecule has 1 aliphatic heterocycles. The fraction of sp³-hybridized carbons (Fsp3) is 0.250. The smallest absolute Gasteiger partial charge is 0.231 e. The van der Waals surface area contributed by atoms with Gasteiger partial charge in [-0.1, -0.05) is 5.16 Å². The molecule has 0 amide bonds. The van der Waals surface area contributed by atoms with Crippen molar-refractivity contribution in [3.05, 3.63) is 28.8 Å². The van der Waals surface area contributed by atoms with Gasteiger partial charge >= 0.3 is 0 Å². The molecule has 1 N–H and O–H groups in total. The summed E-state index contributed by atoms with van der Waals surface area (Å²) in [5, 5.41) is 11.6. The van der Waals surface area contributed by atoms with Gasteiger partial charge < -0.3 is 14.7 Å². The maximum absolute atomic E-state index is 8.51. The van der Waals surface area contributed by atoms with Gasteiger partial charge in [-0.15, -0.1) is 0 Å². The molecule has 16 heavy (non-hydrogen) atoms. The molecular formula is C12H11NO3. The van der Waals surface area contributed by atoms with Crippen molar-refractivity contribution in [2.75, 3.05) is 6.79 Å². The summed E-state index contributed by atoms with van der Waals surface area (Å²) < 4.78 is 10.7. The first-order chi connectivity index (χ1) is 7.86. The number of aryl methyl sites for hydroxylation is 1. The molecule has 1 heterocycles. The van der Waals surface area contributed by atoms with Crippen LogP contribution in [0.2, 0.25) is 0 Å². The summed E-state index contributed by atoms with van der Waals surface area (Å²) in [5.74, 6) is 1.61. The monoisotopic (exact) mass is 217 g/mol. The molecule has 2 aliphatic rings. The van der Waals surface area contributed by atoms with Crippen LogP contribution in [0.5, 0.6) is 11.5 Å². The lowest BCUT2D eigenvalue weighted by Gasteiger charge is -2.14. The second-order valence-corrected chi connectivity index (χ2v) is 3.87. The van der Waals surface area contributed by atoms with Crippen molar-refractivity contribution >= 4 is 12.3 Å². The Kier molecular flexibility index (Phi) is 2.06. The third-order valence-corrected chi connectivity index (χ3v) is 2.88. The first-order valence-corrected chi connectivity index (χ1v) is 5.17. The number of rotatable bonds is 1. The zero-order chi connectivity index (χ0) is 11.0. The number of nitrogens with zero attached hydrogens (tertiary/aromatic N) is 1. The lowest BCUT2D eigenvalue weighted by Crippen LogP contribution is -2.00. The molecule has 0 aromatic heterocycles. The molecule has 0 saturated carbocycles. The van der Waals surface area contributed by atoms with E-state index in [1.165, 1.54) is 11.8 Å². The van der Waals surface area contributed by atoms with E-state index in [0.717, 1.165) is 35.5 Å². The van der Waals surface area contributed by atoms with E-state index < -0.39 is 0 Å². The molecule has 3 rings (SSSR count). The van der Waals surface area contributed by atoms with Crippen LogP contribution in [0.25, 0.3) is 6.08 Å². The van der Waals surface area contributed by atoms with Crippen LogP contribution in [0, 0.1) is 0 Å². The molecule has 82 valence electrons. The van der Waals surface area contributed by atoms with Crippen LogP contribution in [-0.4, -0.2) is 18.2 Å². The number of fused-ring (bicyclic) bond motifs is 2. The maximum Gasteiger partial charge on any atom is 0.231 e. The third-order valence-electron chi connectivity index (χ3n) is 2.88. The minimum atomic E-state index is 0.299. The molecule has 1 aromatic carbocycles. The summed E-state index contributed by atoms with van der Waals surface area (Å²) in [6, 6.07) is 4.00. The summed E-state index contributed by atoms with van der Waals surface area (Å²) in [6.07, 6.45) is 5.31. The van der Waals surface area contributed by atoms with E-state index in [2.05, 4.69) is 5.16 Å². The van der Waals surface area contributed by atoms with Crippen molar-refractivity contribution in [3.8, 4) is 11.5 Å². The van der Waals surface area contributed by atoms with Gasteiger partial charge in [0.05, 0.1) is 6.21 Å². The SMILES string of the molecule is ON=CC1=Cc2cc3c(cc2CC1)OCO3. The zero-order valence-corrected chi connectivity index (χ0v) is 8.64. The second-order valence-electron chi connectivity index (χ2n) is 3.87. The quantitative estimate of drug-likeness (QED) is 0.445. The van der Waals surface area contributed by atoms with Crippen LogP contribution in [-0.2, 0) is 6.42 Å². The average Bonchev–Trinajstić information content (AvgIpc) is 2.73. The predicted molar refractivity (Wildman–Crippen MR) is 59.1 cm³/mol. The number of allylic oxidation sites excluding steroid dienone is 1. The van der Waals surface area contributed by atoms with Crippen molar-refractivity contribution in [1.29, 1.82) is 0 Å². The van der Waals surface area contributed by atoms with E-state index in [4.69, 9.17) is 14.7 Å². The van der Waals surface area contributed by atoms with Gasteiger partial charge in [-0.3, -0.25) is 0 Å². The van der Waals surface area contributed by atoms with Gasteiger partial charge in [0.2, 0.25) is 6.79 Å². The van der Waals surface area contributed by atoms with Crippen LogP contribution in [0.4, 0.5) is 0 Å². The summed E-state index contributed by atoms with van der Waals surface area (Å²) in [6.45, 7) is 0.299. The van der Waals surface area contributed by atoms with Crippen LogP contribution in [0.1, 0.15) is 17.5 Å². The minimum Gasteiger partial charge on any atom is -0.454 e. The van der Waals surface area contributed by atoms with E-state index in [0.29, 0.717) is 6.79 Å². The molecule has 4 heteroatoms. The molecule has 0 bridgehead atoms. The van der Waals surface area contributed by atoms with Crippen molar-refractivity contribution in [1.82, 2.24) is 0 Å². The molecule has 0 spiro atoms. The van der Waals surface area contributed by atoms with E-state index in [1.54, 1.807) is 0 Å². The molecule has 0 fully saturated rings. The van der Waals surface area contributed by atoms with Gasteiger partial charge in [-0.05, 0) is 47.8 Å². The maximum atomic E-state index is 8.51. The van der Waals surface area contributed by atoms with Gasteiger partial charge in [-0.25, -0.2) is 0 Å². The third kappa shape index (κ3) is 1.43. The van der Waals surface area contributed by atoms with Gasteiger partial charge in [0.25, 0.3) is 0 Å². The van der Waals surface area contributed by atoms with Crippen LogP contribution in [0.3, 0.4) is 0 Å². The Balaban J connectivity index is 2.05. The fourth-order valence-electron chi connectivity index (χ4n) is 2.08. The molecule has 0 radical (unpaired) electrons. The Morgan fingerprint density at radius 1 is 1.19 bits per heavy atom. The van der Waals surface area contributed by atoms with Crippen molar-refractivity contribution in [2.45, 2.75) is 12.8 Å². The first kappa shape index (κ1) is 9.27. The largest absolute Gasteiger partial charge is 0.454 e. The Bertz CT molecular complexity index is 491. The van der Waals surface area contributed by atoms with E-state index in [9.17, 15) is 0 Å². The Morgan fingerprint density at radius 3 is 2.81 bits per heavy atom. The summed E-state index contributed by atoms with van der Waals surface area (Å²) >= 11 is 0.